The van der Waals surface area contributed by atoms with Crippen molar-refractivity contribution < 1.29 is 17.6 Å². The van der Waals surface area contributed by atoms with E-state index >= 15 is 0 Å². The van der Waals surface area contributed by atoms with Crippen molar-refractivity contribution in [2.24, 2.45) is 0 Å². The summed E-state index contributed by atoms with van der Waals surface area (Å²) in [4.78, 5) is 1.70. The molecule has 0 aromatic heterocycles. The van der Waals surface area contributed by atoms with Crippen LogP contribution in [0.25, 0.3) is 0 Å². The molecule has 0 amide bonds. The van der Waals surface area contributed by atoms with E-state index in [-0.39, 0.29) is 11.1 Å². The maximum absolute atomic E-state index is 13.9. The van der Waals surface area contributed by atoms with Gasteiger partial charge in [-0.1, -0.05) is 12.2 Å². The number of hydrogen-bond donors (Lipinski definition) is 0. The molecule has 0 fully saturated rings. The molecule has 18 heavy (non-hydrogen) atoms. The van der Waals surface area contributed by atoms with Crippen molar-refractivity contribution in [1.29, 1.82) is 0 Å². The maximum atomic E-state index is 13.9. The Balaban J connectivity index is 2.49. The molecule has 1 aromatic rings. The zero-order valence-corrected chi connectivity index (χ0v) is 10.1. The van der Waals surface area contributed by atoms with Crippen molar-refractivity contribution in [3.8, 4) is 0 Å². The minimum absolute atomic E-state index is 0.105. The Hall–Kier alpha value is -1.36. The van der Waals surface area contributed by atoms with Crippen molar-refractivity contribution >= 4 is 0 Å². The van der Waals surface area contributed by atoms with Crippen LogP contribution in [0.15, 0.2) is 12.2 Å². The zero-order chi connectivity index (χ0) is 13.5. The van der Waals surface area contributed by atoms with E-state index in [1.807, 2.05) is 0 Å². The van der Waals surface area contributed by atoms with E-state index in [1.165, 1.54) is 0 Å². The van der Waals surface area contributed by atoms with Crippen LogP contribution in [0.1, 0.15) is 25.0 Å². The number of hydrogen-bond acceptors (Lipinski definition) is 1. The van der Waals surface area contributed by atoms with Crippen LogP contribution < -0.4 is 0 Å². The molecule has 0 spiro atoms. The molecule has 2 heterocycles. The van der Waals surface area contributed by atoms with E-state index in [0.29, 0.717) is 0 Å². The number of fused-ring (bicyclic) bond motifs is 5. The van der Waals surface area contributed by atoms with Gasteiger partial charge < -0.3 is 0 Å². The summed E-state index contributed by atoms with van der Waals surface area (Å²) in [7, 11) is 1.68. The van der Waals surface area contributed by atoms with E-state index in [9.17, 15) is 17.6 Å². The lowest BCUT2D eigenvalue weighted by Crippen LogP contribution is -2.38. The second-order valence-corrected chi connectivity index (χ2v) is 5.19. The number of nitrogens with zero attached hydrogens (tertiary/aromatic N) is 1. The van der Waals surface area contributed by atoms with Crippen LogP contribution in [-0.2, 0) is 11.1 Å². The highest BCUT2D eigenvalue weighted by molar-refractivity contribution is 5.55. The fourth-order valence-electron chi connectivity index (χ4n) is 3.11. The average Bonchev–Trinajstić information content (AvgIpc) is 2.66. The van der Waals surface area contributed by atoms with Crippen LogP contribution in [0.2, 0.25) is 0 Å². The third-order valence-electron chi connectivity index (χ3n) is 4.41. The molecule has 1 aromatic carbocycles. The van der Waals surface area contributed by atoms with Gasteiger partial charge in [-0.2, -0.15) is 0 Å². The van der Waals surface area contributed by atoms with Gasteiger partial charge in [-0.3, -0.25) is 4.90 Å². The Bertz CT molecular complexity index is 559. The minimum Gasteiger partial charge on any atom is -0.280 e. The lowest BCUT2D eigenvalue weighted by Gasteiger charge is -2.32. The standard InChI is InChI=1S/C13H11F4N/c1-12-4-5-13(2,18(12)3)7-6(12)8(14)10(16)11(17)9(7)15/h4-5H,1-3H3. The van der Waals surface area contributed by atoms with Crippen molar-refractivity contribution in [3.63, 3.8) is 0 Å². The van der Waals surface area contributed by atoms with Crippen LogP contribution in [0, 0.1) is 23.3 Å². The Kier molecular flexibility index (Phi) is 1.93. The quantitative estimate of drug-likeness (QED) is 0.298. The lowest BCUT2D eigenvalue weighted by atomic mass is 9.82. The first-order chi connectivity index (χ1) is 8.25. The maximum Gasteiger partial charge on any atom is 0.197 e. The van der Waals surface area contributed by atoms with Crippen LogP contribution in [0.5, 0.6) is 0 Å². The summed E-state index contributed by atoms with van der Waals surface area (Å²) >= 11 is 0. The first-order valence-electron chi connectivity index (χ1n) is 5.56. The second-order valence-electron chi connectivity index (χ2n) is 5.19. The van der Waals surface area contributed by atoms with E-state index < -0.39 is 34.3 Å². The molecule has 1 nitrogen and oxygen atoms in total. The summed E-state index contributed by atoms with van der Waals surface area (Å²) in [5.74, 6) is -6.09. The van der Waals surface area contributed by atoms with Gasteiger partial charge in [0.15, 0.2) is 23.3 Å². The molecular formula is C13H11F4N. The van der Waals surface area contributed by atoms with Gasteiger partial charge in [0.1, 0.15) is 0 Å². The SMILES string of the molecule is CN1C2(C)C=CC1(C)c1c(F)c(F)c(F)c(F)c12. The molecule has 2 bridgehead atoms. The predicted molar refractivity (Wildman–Crippen MR) is 57.9 cm³/mol. The summed E-state index contributed by atoms with van der Waals surface area (Å²) < 4.78 is 54.6. The first-order valence-corrected chi connectivity index (χ1v) is 5.56. The average molecular weight is 257 g/mol. The van der Waals surface area contributed by atoms with E-state index in [2.05, 4.69) is 0 Å². The molecule has 0 radical (unpaired) electrons. The van der Waals surface area contributed by atoms with Gasteiger partial charge in [0.2, 0.25) is 0 Å². The Morgan fingerprint density at radius 3 is 1.44 bits per heavy atom. The van der Waals surface area contributed by atoms with E-state index in [1.54, 1.807) is 37.9 Å². The molecule has 3 rings (SSSR count). The number of halogens is 4. The normalized spacial score (nSPS) is 33.3. The molecule has 96 valence electrons. The van der Waals surface area contributed by atoms with Crippen molar-refractivity contribution in [2.75, 3.05) is 7.05 Å². The fraction of sp³-hybridized carbons (Fsp3) is 0.385. The van der Waals surface area contributed by atoms with Gasteiger partial charge in [-0.05, 0) is 20.9 Å². The number of likely N-dealkylation sites (N-methyl/N-ethyl adjacent to an activating group) is 1. The van der Waals surface area contributed by atoms with Crippen molar-refractivity contribution in [1.82, 2.24) is 4.90 Å². The molecule has 0 saturated heterocycles. The van der Waals surface area contributed by atoms with Crippen LogP contribution >= 0.6 is 0 Å². The monoisotopic (exact) mass is 257 g/mol. The van der Waals surface area contributed by atoms with Gasteiger partial charge in [0.25, 0.3) is 0 Å². The molecule has 0 N–H and O–H groups in total. The molecule has 0 aliphatic carbocycles. The highest BCUT2D eigenvalue weighted by atomic mass is 19.2. The van der Waals surface area contributed by atoms with Crippen LogP contribution in [0.3, 0.4) is 0 Å². The van der Waals surface area contributed by atoms with Gasteiger partial charge >= 0.3 is 0 Å². The van der Waals surface area contributed by atoms with Gasteiger partial charge in [0, 0.05) is 11.1 Å². The highest BCUT2D eigenvalue weighted by Crippen LogP contribution is 2.57. The number of benzene rings is 1. The minimum atomic E-state index is -1.74. The molecule has 2 aliphatic heterocycles. The fourth-order valence-corrected chi connectivity index (χ4v) is 3.11. The largest absolute Gasteiger partial charge is 0.280 e. The Labute approximate surface area is 102 Å². The summed E-state index contributed by atoms with van der Waals surface area (Å²) in [6, 6.07) is 0. The first kappa shape index (κ1) is 11.7. The third kappa shape index (κ3) is 0.947. The lowest BCUT2D eigenvalue weighted by molar-refractivity contribution is 0.136. The zero-order valence-electron chi connectivity index (χ0n) is 10.1. The van der Waals surface area contributed by atoms with E-state index in [0.717, 1.165) is 0 Å². The molecule has 2 atom stereocenters. The summed E-state index contributed by atoms with van der Waals surface area (Å²) in [6.45, 7) is 3.31. The summed E-state index contributed by atoms with van der Waals surface area (Å²) in [5.41, 5.74) is -2.09. The van der Waals surface area contributed by atoms with Gasteiger partial charge in [-0.15, -0.1) is 0 Å². The summed E-state index contributed by atoms with van der Waals surface area (Å²) in [5, 5.41) is 0. The molecule has 2 unspecified atom stereocenters. The number of rotatable bonds is 0. The van der Waals surface area contributed by atoms with Crippen molar-refractivity contribution in [3.05, 3.63) is 46.5 Å². The Morgan fingerprint density at radius 2 is 1.11 bits per heavy atom. The second kappa shape index (κ2) is 2.96. The predicted octanol–water partition coefficient (Wildman–Crippen LogP) is 3.19. The molecule has 5 heteroatoms. The highest BCUT2D eigenvalue weighted by Gasteiger charge is 2.58. The van der Waals surface area contributed by atoms with Gasteiger partial charge in [0.05, 0.1) is 11.1 Å². The van der Waals surface area contributed by atoms with Crippen LogP contribution in [0.4, 0.5) is 17.6 Å². The smallest absolute Gasteiger partial charge is 0.197 e. The van der Waals surface area contributed by atoms with Crippen LogP contribution in [-0.4, -0.2) is 11.9 Å². The van der Waals surface area contributed by atoms with E-state index in [4.69, 9.17) is 0 Å². The topological polar surface area (TPSA) is 3.24 Å². The summed E-state index contributed by atoms with van der Waals surface area (Å²) in [6.07, 6.45) is 3.38. The Morgan fingerprint density at radius 1 is 0.778 bits per heavy atom. The molecular weight excluding hydrogens is 246 g/mol. The van der Waals surface area contributed by atoms with Gasteiger partial charge in [-0.25, -0.2) is 17.6 Å². The molecule has 0 saturated carbocycles. The third-order valence-corrected chi connectivity index (χ3v) is 4.41. The van der Waals surface area contributed by atoms with Crippen molar-refractivity contribution in [2.45, 2.75) is 24.9 Å². The molecule has 2 aliphatic rings.